The molecule has 19 heavy (non-hydrogen) atoms. The molecular formula is C11H17I2N3O3. The van der Waals surface area contributed by atoms with Crippen molar-refractivity contribution in [2.24, 2.45) is 0 Å². The molecule has 0 unspecified atom stereocenters. The molecule has 0 aliphatic heterocycles. The predicted molar refractivity (Wildman–Crippen MR) is 88.1 cm³/mol. The molecule has 0 radical (unpaired) electrons. The molecule has 6 nitrogen and oxygen atoms in total. The highest BCUT2D eigenvalue weighted by Gasteiger charge is 2.06. The average Bonchev–Trinajstić information content (AvgIpc) is 2.86. The maximum absolute atomic E-state index is 11.0. The Kier molecular flexibility index (Phi) is 9.91. The molecule has 1 heterocycles. The number of rotatable bonds is 11. The molecule has 0 spiro atoms. The quantitative estimate of drug-likeness (QED) is 0.205. The minimum Gasteiger partial charge on any atom is -0.379 e. The van der Waals surface area contributed by atoms with Gasteiger partial charge in [-0.2, -0.15) is 0 Å². The van der Waals surface area contributed by atoms with E-state index in [-0.39, 0.29) is 3.79 Å². The molecule has 0 saturated carbocycles. The van der Waals surface area contributed by atoms with E-state index in [1.54, 1.807) is 33.5 Å². The second-order valence-electron chi connectivity index (χ2n) is 3.76. The Bertz CT molecular complexity index is 374. The van der Waals surface area contributed by atoms with Gasteiger partial charge in [-0.1, -0.05) is 27.8 Å². The maximum atomic E-state index is 11.0. The average molecular weight is 493 g/mol. The number of aromatic nitrogens is 3. The predicted octanol–water partition coefficient (Wildman–Crippen LogP) is 2.10. The Morgan fingerprint density at radius 3 is 2.58 bits per heavy atom. The number of hydrogen-bond acceptors (Lipinski definition) is 5. The van der Waals surface area contributed by atoms with Crippen LogP contribution in [0.2, 0.25) is 0 Å². The van der Waals surface area contributed by atoms with E-state index in [0.717, 1.165) is 13.0 Å². The van der Waals surface area contributed by atoms with Crippen LogP contribution in [-0.4, -0.2) is 49.6 Å². The largest absolute Gasteiger partial charge is 0.379 e. The van der Waals surface area contributed by atoms with Crippen LogP contribution in [0, 0.1) is 0 Å². The van der Waals surface area contributed by atoms with Crippen molar-refractivity contribution in [3.05, 3.63) is 11.9 Å². The maximum Gasteiger partial charge on any atom is 0.244 e. The van der Waals surface area contributed by atoms with E-state index < -0.39 is 0 Å². The first kappa shape index (κ1) is 17.2. The lowest BCUT2D eigenvalue weighted by molar-refractivity contribution is 0.0430. The Morgan fingerprint density at radius 2 is 1.95 bits per heavy atom. The lowest BCUT2D eigenvalue weighted by Crippen LogP contribution is -2.11. The van der Waals surface area contributed by atoms with Crippen molar-refractivity contribution in [3.8, 4) is 0 Å². The van der Waals surface area contributed by atoms with E-state index in [4.69, 9.17) is 9.47 Å². The zero-order valence-electron chi connectivity index (χ0n) is 10.6. The van der Waals surface area contributed by atoms with Crippen LogP contribution >= 0.6 is 45.2 Å². The van der Waals surface area contributed by atoms with Gasteiger partial charge in [0.05, 0.1) is 32.6 Å². The van der Waals surface area contributed by atoms with Crippen LogP contribution in [0.5, 0.6) is 0 Å². The highest BCUT2D eigenvalue weighted by atomic mass is 127. The normalized spacial score (nSPS) is 10.8. The molecular weight excluding hydrogens is 476 g/mol. The molecule has 1 aromatic heterocycles. The van der Waals surface area contributed by atoms with Crippen molar-refractivity contribution >= 4 is 49.0 Å². The number of nitrogens with zero attached hydrogens (tertiary/aromatic N) is 3. The molecule has 1 rings (SSSR count). The first-order chi connectivity index (χ1) is 9.24. The van der Waals surface area contributed by atoms with Crippen molar-refractivity contribution in [1.29, 1.82) is 0 Å². The van der Waals surface area contributed by atoms with Gasteiger partial charge in [0, 0.05) is 29.2 Å². The van der Waals surface area contributed by atoms with Gasteiger partial charge < -0.3 is 9.47 Å². The third kappa shape index (κ3) is 8.15. The number of ether oxygens (including phenoxy) is 2. The SMILES string of the molecule is O=C(I)c1cn(CCOCCOCCCCI)nn1. The number of carbonyl (C=O) groups excluding carboxylic acids is 1. The van der Waals surface area contributed by atoms with Gasteiger partial charge >= 0.3 is 0 Å². The minimum atomic E-state index is -0.107. The summed E-state index contributed by atoms with van der Waals surface area (Å²) >= 11 is 4.05. The van der Waals surface area contributed by atoms with Gasteiger partial charge in [0.15, 0.2) is 5.69 Å². The molecule has 8 heteroatoms. The van der Waals surface area contributed by atoms with Gasteiger partial charge in [0.1, 0.15) is 0 Å². The van der Waals surface area contributed by atoms with E-state index in [9.17, 15) is 4.79 Å². The van der Waals surface area contributed by atoms with E-state index in [1.807, 2.05) is 0 Å². The second-order valence-corrected chi connectivity index (χ2v) is 5.82. The van der Waals surface area contributed by atoms with Gasteiger partial charge in [0.2, 0.25) is 3.79 Å². The number of alkyl halides is 1. The summed E-state index contributed by atoms with van der Waals surface area (Å²) in [6, 6.07) is 0. The molecule has 0 atom stereocenters. The Balaban J connectivity index is 1.97. The summed E-state index contributed by atoms with van der Waals surface area (Å²) in [5.74, 6) is 0. The lowest BCUT2D eigenvalue weighted by atomic mass is 10.4. The summed E-state index contributed by atoms with van der Waals surface area (Å²) in [6.07, 6.45) is 3.93. The molecule has 0 aliphatic rings. The molecule has 0 N–H and O–H groups in total. The molecule has 0 saturated heterocycles. The van der Waals surface area contributed by atoms with Crippen molar-refractivity contribution in [2.75, 3.05) is 30.9 Å². The van der Waals surface area contributed by atoms with Crippen LogP contribution in [0.25, 0.3) is 0 Å². The first-order valence-electron chi connectivity index (χ1n) is 6.05. The van der Waals surface area contributed by atoms with Gasteiger partial charge in [0.25, 0.3) is 0 Å². The standard InChI is InChI=1S/C11H17I2N3O3/c12-3-1-2-5-18-7-8-19-6-4-16-9-10(11(13)17)14-15-16/h9H,1-8H2. The van der Waals surface area contributed by atoms with Crippen molar-refractivity contribution in [1.82, 2.24) is 15.0 Å². The minimum absolute atomic E-state index is 0.107. The summed E-state index contributed by atoms with van der Waals surface area (Å²) in [5, 5.41) is 7.58. The van der Waals surface area contributed by atoms with E-state index >= 15 is 0 Å². The first-order valence-corrected chi connectivity index (χ1v) is 8.66. The molecule has 0 bridgehead atoms. The summed E-state index contributed by atoms with van der Waals surface area (Å²) in [7, 11) is 0. The van der Waals surface area contributed by atoms with Gasteiger partial charge in [-0.05, 0) is 17.3 Å². The zero-order chi connectivity index (χ0) is 13.9. The Labute approximate surface area is 139 Å². The smallest absolute Gasteiger partial charge is 0.244 e. The van der Waals surface area contributed by atoms with Gasteiger partial charge in [-0.3, -0.25) is 4.79 Å². The number of unbranched alkanes of at least 4 members (excludes halogenated alkanes) is 1. The van der Waals surface area contributed by atoms with E-state index in [2.05, 4.69) is 32.9 Å². The fourth-order valence-electron chi connectivity index (χ4n) is 1.28. The second kappa shape index (κ2) is 10.9. The molecule has 0 fully saturated rings. The highest BCUT2D eigenvalue weighted by Crippen LogP contribution is 2.00. The zero-order valence-corrected chi connectivity index (χ0v) is 14.9. The molecule has 0 aromatic carbocycles. The molecule has 1 aromatic rings. The molecule has 0 aliphatic carbocycles. The van der Waals surface area contributed by atoms with Gasteiger partial charge in [-0.15, -0.1) is 5.10 Å². The fourth-order valence-corrected chi connectivity index (χ4v) is 2.06. The third-order valence-corrected chi connectivity index (χ3v) is 3.56. The number of carbonyl (C=O) groups is 1. The molecule has 108 valence electrons. The van der Waals surface area contributed by atoms with Crippen LogP contribution in [0.1, 0.15) is 23.3 Å². The van der Waals surface area contributed by atoms with Crippen molar-refractivity contribution < 1.29 is 14.3 Å². The monoisotopic (exact) mass is 493 g/mol. The van der Waals surface area contributed by atoms with Crippen LogP contribution in [0.4, 0.5) is 0 Å². The van der Waals surface area contributed by atoms with Crippen LogP contribution in [0.3, 0.4) is 0 Å². The van der Waals surface area contributed by atoms with Crippen molar-refractivity contribution in [3.63, 3.8) is 0 Å². The van der Waals surface area contributed by atoms with E-state index in [1.165, 1.54) is 10.8 Å². The summed E-state index contributed by atoms with van der Waals surface area (Å²) in [6.45, 7) is 3.13. The summed E-state index contributed by atoms with van der Waals surface area (Å²) in [4.78, 5) is 11.0. The topological polar surface area (TPSA) is 66.2 Å². The Hall–Kier alpha value is 0.190. The third-order valence-electron chi connectivity index (χ3n) is 2.25. The highest BCUT2D eigenvalue weighted by molar-refractivity contribution is 14.1. The van der Waals surface area contributed by atoms with Gasteiger partial charge in [-0.25, -0.2) is 4.68 Å². The number of hydrogen-bond donors (Lipinski definition) is 0. The summed E-state index contributed by atoms with van der Waals surface area (Å²) < 4.78 is 13.5. The summed E-state index contributed by atoms with van der Waals surface area (Å²) in [5.41, 5.74) is 0.374. The lowest BCUT2D eigenvalue weighted by Gasteiger charge is -2.05. The van der Waals surface area contributed by atoms with Crippen molar-refractivity contribution in [2.45, 2.75) is 19.4 Å². The molecule has 0 amide bonds. The Morgan fingerprint density at radius 1 is 1.21 bits per heavy atom. The van der Waals surface area contributed by atoms with Crippen LogP contribution in [0.15, 0.2) is 6.20 Å². The van der Waals surface area contributed by atoms with Crippen LogP contribution < -0.4 is 0 Å². The number of halogens is 2. The van der Waals surface area contributed by atoms with E-state index in [0.29, 0.717) is 32.1 Å². The fraction of sp³-hybridized carbons (Fsp3) is 0.727. The van der Waals surface area contributed by atoms with Crippen LogP contribution in [-0.2, 0) is 16.0 Å².